The Morgan fingerprint density at radius 3 is 2.23 bits per heavy atom. The molecule has 1 aromatic rings. The van der Waals surface area contributed by atoms with Crippen LogP contribution in [0.4, 0.5) is 4.79 Å². The van der Waals surface area contributed by atoms with E-state index in [0.717, 1.165) is 24.8 Å². The molecule has 170 valence electrons. The molecule has 2 aliphatic heterocycles. The maximum Gasteiger partial charge on any atom is 0.326 e. The lowest BCUT2D eigenvalue weighted by Gasteiger charge is -2.36. The van der Waals surface area contributed by atoms with E-state index in [-0.39, 0.29) is 18.6 Å². The van der Waals surface area contributed by atoms with Gasteiger partial charge in [0.2, 0.25) is 10.0 Å². The van der Waals surface area contributed by atoms with E-state index < -0.39 is 15.6 Å². The molecule has 0 atom stereocenters. The van der Waals surface area contributed by atoms with Gasteiger partial charge in [0.1, 0.15) is 5.54 Å². The van der Waals surface area contributed by atoms with Crippen LogP contribution in [0.15, 0.2) is 29.2 Å². The van der Waals surface area contributed by atoms with E-state index in [2.05, 4.69) is 12.2 Å². The molecule has 2 saturated heterocycles. The number of urea groups is 1. The van der Waals surface area contributed by atoms with Gasteiger partial charge < -0.3 is 5.32 Å². The molecule has 8 nitrogen and oxygen atoms in total. The second-order valence-corrected chi connectivity index (χ2v) is 11.0. The lowest BCUT2D eigenvalue weighted by atomic mass is 9.75. The van der Waals surface area contributed by atoms with Crippen LogP contribution in [-0.2, 0) is 14.8 Å². The number of benzene rings is 1. The van der Waals surface area contributed by atoms with Gasteiger partial charge in [-0.1, -0.05) is 31.0 Å². The number of amides is 3. The minimum absolute atomic E-state index is 0.123. The van der Waals surface area contributed by atoms with Crippen molar-refractivity contribution in [2.45, 2.75) is 56.4 Å². The monoisotopic (exact) mass is 448 g/mol. The Morgan fingerprint density at radius 2 is 1.65 bits per heavy atom. The van der Waals surface area contributed by atoms with E-state index in [4.69, 9.17) is 0 Å². The molecule has 3 amide bonds. The van der Waals surface area contributed by atoms with Gasteiger partial charge in [-0.2, -0.15) is 4.31 Å². The fourth-order valence-electron chi connectivity index (χ4n) is 4.89. The first kappa shape index (κ1) is 22.2. The van der Waals surface area contributed by atoms with Gasteiger partial charge in [-0.15, -0.1) is 0 Å². The Bertz CT molecular complexity index is 931. The van der Waals surface area contributed by atoms with Gasteiger partial charge in [-0.3, -0.25) is 9.69 Å². The second-order valence-electron chi connectivity index (χ2n) is 9.07. The van der Waals surface area contributed by atoms with E-state index in [1.54, 1.807) is 24.3 Å². The standard InChI is InChI=1S/C22H32N4O4S/c1-3-18-8-10-22(11-9-18)20(27)26(21(28)23-22)16-24-12-14-25(15-13-24)31(29,30)19-6-4-17(2)5-7-19/h4-7,18H,3,8-16H2,1-2H3,(H,23,28). The predicted octanol–water partition coefficient (Wildman–Crippen LogP) is 2.15. The number of hydrogen-bond donors (Lipinski definition) is 1. The number of carbonyl (C=O) groups excluding carboxylic acids is 2. The van der Waals surface area contributed by atoms with Crippen molar-refractivity contribution in [3.05, 3.63) is 29.8 Å². The van der Waals surface area contributed by atoms with Gasteiger partial charge in [0.15, 0.2) is 0 Å². The molecule has 1 N–H and O–H groups in total. The summed E-state index contributed by atoms with van der Waals surface area (Å²) in [5, 5.41) is 2.97. The number of nitrogens with zero attached hydrogens (tertiary/aromatic N) is 3. The molecule has 0 aromatic heterocycles. The van der Waals surface area contributed by atoms with Gasteiger partial charge in [0.05, 0.1) is 11.6 Å². The molecular formula is C22H32N4O4S. The summed E-state index contributed by atoms with van der Waals surface area (Å²) in [5.74, 6) is 0.509. The van der Waals surface area contributed by atoms with Crippen molar-refractivity contribution >= 4 is 22.0 Å². The molecular weight excluding hydrogens is 416 g/mol. The SMILES string of the molecule is CCC1CCC2(CC1)NC(=O)N(CN1CCN(S(=O)(=O)c3ccc(C)cc3)CC1)C2=O. The Hall–Kier alpha value is -1.97. The first-order chi connectivity index (χ1) is 14.7. The van der Waals surface area contributed by atoms with Crippen LogP contribution in [0.5, 0.6) is 0 Å². The second kappa shape index (κ2) is 8.52. The van der Waals surface area contributed by atoms with Gasteiger partial charge in [0, 0.05) is 26.2 Å². The van der Waals surface area contributed by atoms with Crippen LogP contribution in [0.25, 0.3) is 0 Å². The predicted molar refractivity (Wildman–Crippen MR) is 117 cm³/mol. The van der Waals surface area contributed by atoms with E-state index in [9.17, 15) is 18.0 Å². The molecule has 1 aliphatic carbocycles. The third kappa shape index (κ3) is 4.23. The average molecular weight is 449 g/mol. The number of rotatable bonds is 5. The molecule has 1 spiro atoms. The summed E-state index contributed by atoms with van der Waals surface area (Å²) in [5.41, 5.74) is 0.276. The number of hydrogen-bond acceptors (Lipinski definition) is 5. The van der Waals surface area contributed by atoms with E-state index >= 15 is 0 Å². The van der Waals surface area contributed by atoms with Gasteiger partial charge in [-0.05, 0) is 50.7 Å². The first-order valence-electron chi connectivity index (χ1n) is 11.2. The Labute approximate surface area is 184 Å². The van der Waals surface area contributed by atoms with Crippen molar-refractivity contribution in [1.82, 2.24) is 19.4 Å². The Morgan fingerprint density at radius 1 is 1.03 bits per heavy atom. The number of imide groups is 1. The van der Waals surface area contributed by atoms with Crippen LogP contribution >= 0.6 is 0 Å². The van der Waals surface area contributed by atoms with Gasteiger partial charge in [0.25, 0.3) is 5.91 Å². The number of piperazine rings is 1. The molecule has 9 heteroatoms. The average Bonchev–Trinajstić information content (AvgIpc) is 2.99. The lowest BCUT2D eigenvalue weighted by molar-refractivity contribution is -0.134. The highest BCUT2D eigenvalue weighted by atomic mass is 32.2. The van der Waals surface area contributed by atoms with Crippen LogP contribution in [-0.4, -0.2) is 72.8 Å². The quantitative estimate of drug-likeness (QED) is 0.697. The van der Waals surface area contributed by atoms with E-state index in [0.29, 0.717) is 49.8 Å². The molecule has 4 rings (SSSR count). The lowest BCUT2D eigenvalue weighted by Crippen LogP contribution is -2.53. The van der Waals surface area contributed by atoms with Crippen molar-refractivity contribution < 1.29 is 18.0 Å². The fraction of sp³-hybridized carbons (Fsp3) is 0.636. The zero-order chi connectivity index (χ0) is 22.2. The molecule has 31 heavy (non-hydrogen) atoms. The van der Waals surface area contributed by atoms with Crippen molar-refractivity contribution in [3.63, 3.8) is 0 Å². The molecule has 0 unspecified atom stereocenters. The highest BCUT2D eigenvalue weighted by Gasteiger charge is 2.52. The van der Waals surface area contributed by atoms with Crippen LogP contribution in [0.2, 0.25) is 0 Å². The number of aryl methyl sites for hydroxylation is 1. The zero-order valence-corrected chi connectivity index (χ0v) is 19.2. The molecule has 0 radical (unpaired) electrons. The topological polar surface area (TPSA) is 90.0 Å². The molecule has 2 heterocycles. The molecule has 3 aliphatic rings. The molecule has 0 bridgehead atoms. The highest BCUT2D eigenvalue weighted by Crippen LogP contribution is 2.37. The summed E-state index contributed by atoms with van der Waals surface area (Å²) < 4.78 is 27.3. The number of sulfonamides is 1. The van der Waals surface area contributed by atoms with E-state index in [1.165, 1.54) is 9.21 Å². The van der Waals surface area contributed by atoms with Crippen LogP contribution in [0, 0.1) is 12.8 Å². The summed E-state index contributed by atoms with van der Waals surface area (Å²) in [6.07, 6.45) is 4.44. The maximum absolute atomic E-state index is 13.1. The molecule has 1 aromatic carbocycles. The summed E-state index contributed by atoms with van der Waals surface area (Å²) in [6.45, 7) is 5.93. The third-order valence-electron chi connectivity index (χ3n) is 7.11. The van der Waals surface area contributed by atoms with Crippen molar-refractivity contribution in [2.75, 3.05) is 32.8 Å². The maximum atomic E-state index is 13.1. The van der Waals surface area contributed by atoms with Crippen LogP contribution < -0.4 is 5.32 Å². The van der Waals surface area contributed by atoms with Crippen LogP contribution in [0.1, 0.15) is 44.6 Å². The minimum Gasteiger partial charge on any atom is -0.323 e. The normalized spacial score (nSPS) is 28.3. The smallest absolute Gasteiger partial charge is 0.323 e. The van der Waals surface area contributed by atoms with Crippen LogP contribution in [0.3, 0.4) is 0 Å². The van der Waals surface area contributed by atoms with E-state index in [1.807, 2.05) is 11.8 Å². The fourth-order valence-corrected chi connectivity index (χ4v) is 6.31. The van der Waals surface area contributed by atoms with Gasteiger partial charge >= 0.3 is 6.03 Å². The zero-order valence-electron chi connectivity index (χ0n) is 18.3. The molecule has 3 fully saturated rings. The number of carbonyl (C=O) groups is 2. The first-order valence-corrected chi connectivity index (χ1v) is 12.6. The summed E-state index contributed by atoms with van der Waals surface area (Å²) in [4.78, 5) is 29.3. The van der Waals surface area contributed by atoms with Crippen molar-refractivity contribution in [1.29, 1.82) is 0 Å². The molecule has 1 saturated carbocycles. The van der Waals surface area contributed by atoms with Crippen molar-refractivity contribution in [3.8, 4) is 0 Å². The summed E-state index contributed by atoms with van der Waals surface area (Å²) in [7, 11) is -3.53. The summed E-state index contributed by atoms with van der Waals surface area (Å²) in [6, 6.07) is 6.54. The van der Waals surface area contributed by atoms with Gasteiger partial charge in [-0.25, -0.2) is 18.1 Å². The Kier molecular flexibility index (Phi) is 6.11. The van der Waals surface area contributed by atoms with Crippen molar-refractivity contribution in [2.24, 2.45) is 5.92 Å². The number of nitrogens with one attached hydrogen (secondary N) is 1. The highest BCUT2D eigenvalue weighted by molar-refractivity contribution is 7.89. The third-order valence-corrected chi connectivity index (χ3v) is 9.03. The largest absolute Gasteiger partial charge is 0.326 e. The minimum atomic E-state index is -3.53. The Balaban J connectivity index is 1.35. The summed E-state index contributed by atoms with van der Waals surface area (Å²) >= 11 is 0.